The van der Waals surface area contributed by atoms with Gasteiger partial charge in [0.05, 0.1) is 61.8 Å². The van der Waals surface area contributed by atoms with Crippen molar-refractivity contribution >= 4 is 0 Å². The zero-order chi connectivity index (χ0) is 24.3. The van der Waals surface area contributed by atoms with Gasteiger partial charge in [-0.3, -0.25) is 8.78 Å². The lowest BCUT2D eigenvalue weighted by molar-refractivity contribution is -0.249. The molecule has 0 N–H and O–H groups in total. The monoisotopic (exact) mass is 474 g/mol. The highest BCUT2D eigenvalue weighted by Gasteiger charge is 2.53. The summed E-state index contributed by atoms with van der Waals surface area (Å²) in [5, 5.41) is 0. The van der Waals surface area contributed by atoms with Crippen LogP contribution in [0.2, 0.25) is 0 Å². The molecular formula is C28H36F2O4. The first-order chi connectivity index (χ1) is 16.3. The minimum absolute atomic E-state index is 0.00616. The van der Waals surface area contributed by atoms with Crippen LogP contribution in [0.3, 0.4) is 0 Å². The van der Waals surface area contributed by atoms with E-state index in [-0.39, 0.29) is 48.6 Å². The Morgan fingerprint density at radius 1 is 0.618 bits per heavy atom. The fraction of sp³-hybridized carbons (Fsp3) is 0.571. The van der Waals surface area contributed by atoms with Crippen molar-refractivity contribution in [3.8, 4) is 22.6 Å². The maximum absolute atomic E-state index is 13.1. The third kappa shape index (κ3) is 4.55. The van der Waals surface area contributed by atoms with Crippen LogP contribution in [0, 0.1) is 10.8 Å². The van der Waals surface area contributed by atoms with Gasteiger partial charge in [-0.15, -0.1) is 0 Å². The van der Waals surface area contributed by atoms with Crippen molar-refractivity contribution in [2.75, 3.05) is 26.6 Å². The van der Waals surface area contributed by atoms with Gasteiger partial charge in [-0.2, -0.15) is 0 Å². The third-order valence-electron chi connectivity index (χ3n) is 8.23. The molecule has 34 heavy (non-hydrogen) atoms. The molecular weight excluding hydrogens is 438 g/mol. The molecule has 2 aliphatic rings. The Labute approximate surface area is 201 Å². The van der Waals surface area contributed by atoms with Crippen LogP contribution in [0.15, 0.2) is 48.5 Å². The predicted octanol–water partition coefficient (Wildman–Crippen LogP) is 6.42. The van der Waals surface area contributed by atoms with Gasteiger partial charge in [-0.1, -0.05) is 24.3 Å². The quantitative estimate of drug-likeness (QED) is 0.377. The summed E-state index contributed by atoms with van der Waals surface area (Å²) in [7, 11) is 0. The summed E-state index contributed by atoms with van der Waals surface area (Å²) in [5.74, 6) is 1.52. The molecule has 0 amide bonds. The van der Waals surface area contributed by atoms with E-state index in [0.717, 1.165) is 22.6 Å². The highest BCUT2D eigenvalue weighted by molar-refractivity contribution is 5.64. The van der Waals surface area contributed by atoms with Crippen molar-refractivity contribution in [2.45, 2.75) is 65.0 Å². The molecule has 4 rings (SSSR count). The van der Waals surface area contributed by atoms with Gasteiger partial charge in [0.2, 0.25) is 0 Å². The van der Waals surface area contributed by atoms with Crippen LogP contribution in [0.1, 0.15) is 40.5 Å². The van der Waals surface area contributed by atoms with Crippen molar-refractivity contribution in [2.24, 2.45) is 10.8 Å². The third-order valence-corrected chi connectivity index (χ3v) is 8.23. The number of rotatable bonds is 11. The van der Waals surface area contributed by atoms with Gasteiger partial charge in [0.15, 0.2) is 0 Å². The smallest absolute Gasteiger partial charge is 0.119 e. The largest absolute Gasteiger partial charge is 0.493 e. The molecule has 0 spiro atoms. The number of hydrogen-bond donors (Lipinski definition) is 0. The summed E-state index contributed by atoms with van der Waals surface area (Å²) in [6.45, 7) is 8.07. The summed E-state index contributed by atoms with van der Waals surface area (Å²) in [5.41, 5.74) is 1.59. The van der Waals surface area contributed by atoms with Gasteiger partial charge in [0.1, 0.15) is 11.5 Å². The topological polar surface area (TPSA) is 36.9 Å². The first kappa shape index (κ1) is 24.9. The normalized spacial score (nSPS) is 32.5. The van der Waals surface area contributed by atoms with Crippen LogP contribution in [-0.2, 0) is 9.47 Å². The number of ether oxygens (including phenoxy) is 4. The van der Waals surface area contributed by atoms with Crippen LogP contribution in [0.25, 0.3) is 11.1 Å². The van der Waals surface area contributed by atoms with Crippen molar-refractivity contribution < 1.29 is 27.7 Å². The molecule has 2 fully saturated rings. The molecule has 4 atom stereocenters. The molecule has 186 valence electrons. The molecule has 0 saturated carbocycles. The van der Waals surface area contributed by atoms with E-state index in [1.54, 1.807) is 0 Å². The van der Waals surface area contributed by atoms with Gasteiger partial charge in [-0.05, 0) is 75.9 Å². The summed E-state index contributed by atoms with van der Waals surface area (Å²) in [4.78, 5) is 0. The van der Waals surface area contributed by atoms with Gasteiger partial charge in [0.25, 0.3) is 0 Å². The van der Waals surface area contributed by atoms with E-state index in [4.69, 9.17) is 18.9 Å². The number of hydrogen-bond acceptors (Lipinski definition) is 4. The van der Waals surface area contributed by atoms with Gasteiger partial charge in [-0.25, -0.2) is 0 Å². The molecule has 2 aliphatic heterocycles. The highest BCUT2D eigenvalue weighted by atomic mass is 19.1. The maximum Gasteiger partial charge on any atom is 0.119 e. The Hall–Kier alpha value is -2.18. The lowest BCUT2D eigenvalue weighted by Crippen LogP contribution is -2.60. The van der Waals surface area contributed by atoms with Crippen LogP contribution in [0.5, 0.6) is 11.5 Å². The summed E-state index contributed by atoms with van der Waals surface area (Å²) < 4.78 is 49.6. The number of benzene rings is 2. The molecule has 0 bridgehead atoms. The van der Waals surface area contributed by atoms with E-state index in [1.807, 2.05) is 76.2 Å². The first-order valence-corrected chi connectivity index (χ1v) is 12.2. The second kappa shape index (κ2) is 10.2. The number of alkyl halides is 2. The van der Waals surface area contributed by atoms with Crippen molar-refractivity contribution in [3.05, 3.63) is 48.5 Å². The van der Waals surface area contributed by atoms with E-state index in [1.165, 1.54) is 0 Å². The Bertz CT molecular complexity index is 837. The maximum atomic E-state index is 13.1. The molecule has 4 unspecified atom stereocenters. The van der Waals surface area contributed by atoms with Gasteiger partial charge >= 0.3 is 0 Å². The average Bonchev–Trinajstić information content (AvgIpc) is 2.85. The van der Waals surface area contributed by atoms with Gasteiger partial charge < -0.3 is 18.9 Å². The first-order valence-electron chi connectivity index (χ1n) is 12.2. The van der Waals surface area contributed by atoms with Crippen molar-refractivity contribution in [1.29, 1.82) is 0 Å². The van der Waals surface area contributed by atoms with E-state index in [0.29, 0.717) is 26.1 Å². The molecule has 0 radical (unpaired) electrons. The molecule has 2 aromatic carbocycles. The lowest BCUT2D eigenvalue weighted by Gasteiger charge is -2.52. The van der Waals surface area contributed by atoms with E-state index >= 15 is 0 Å². The Morgan fingerprint density at radius 2 is 0.941 bits per heavy atom. The summed E-state index contributed by atoms with van der Waals surface area (Å²) >= 11 is 0. The Balaban J connectivity index is 1.34. The SMILES string of the molecule is CC1OC(C)C1(CCF)COc1ccc(-c2ccc(OCC3(CCF)C(C)OC3C)cc2)cc1. The second-order valence-corrected chi connectivity index (χ2v) is 9.81. The average molecular weight is 475 g/mol. The van der Waals surface area contributed by atoms with Gasteiger partial charge in [0, 0.05) is 0 Å². The Morgan fingerprint density at radius 3 is 1.21 bits per heavy atom. The fourth-order valence-electron chi connectivity index (χ4n) is 5.37. The predicted molar refractivity (Wildman–Crippen MR) is 129 cm³/mol. The zero-order valence-corrected chi connectivity index (χ0v) is 20.6. The summed E-state index contributed by atoms with van der Waals surface area (Å²) in [6.07, 6.45) is 0.867. The fourth-order valence-corrected chi connectivity index (χ4v) is 5.37. The summed E-state index contributed by atoms with van der Waals surface area (Å²) in [6, 6.07) is 15.8. The molecule has 0 aromatic heterocycles. The molecule has 2 aromatic rings. The lowest BCUT2D eigenvalue weighted by atomic mass is 9.71. The molecule has 0 aliphatic carbocycles. The highest BCUT2D eigenvalue weighted by Crippen LogP contribution is 2.46. The van der Waals surface area contributed by atoms with E-state index in [9.17, 15) is 8.78 Å². The minimum Gasteiger partial charge on any atom is -0.493 e. The standard InChI is InChI=1S/C28H36F2O4/c1-19-27(13-15-29,20(2)33-19)17-31-25-9-5-23(6-10-25)24-7-11-26(12-8-24)32-18-28(14-16-30)21(3)34-22(28)4/h5-12,19-22H,13-18H2,1-4H3. The van der Waals surface area contributed by atoms with Crippen molar-refractivity contribution in [3.63, 3.8) is 0 Å². The molecule has 2 heterocycles. The van der Waals surface area contributed by atoms with Crippen molar-refractivity contribution in [1.82, 2.24) is 0 Å². The van der Waals surface area contributed by atoms with E-state index in [2.05, 4.69) is 0 Å². The van der Waals surface area contributed by atoms with Crippen LogP contribution in [0.4, 0.5) is 8.78 Å². The van der Waals surface area contributed by atoms with Crippen LogP contribution < -0.4 is 9.47 Å². The molecule has 6 heteroatoms. The zero-order valence-electron chi connectivity index (χ0n) is 20.6. The second-order valence-electron chi connectivity index (χ2n) is 9.81. The molecule has 2 saturated heterocycles. The Kier molecular flexibility index (Phi) is 7.48. The van der Waals surface area contributed by atoms with Crippen LogP contribution in [-0.4, -0.2) is 51.0 Å². The van der Waals surface area contributed by atoms with E-state index < -0.39 is 0 Å². The van der Waals surface area contributed by atoms with Crippen LogP contribution >= 0.6 is 0 Å². The molecule has 4 nitrogen and oxygen atoms in total. The minimum atomic E-state index is -0.372. The number of halogens is 2.